The third-order valence-corrected chi connectivity index (χ3v) is 10.9. The van der Waals surface area contributed by atoms with E-state index in [-0.39, 0.29) is 11.7 Å². The molecule has 10 atom stereocenters. The Morgan fingerprint density at radius 3 is 2.83 bits per heavy atom. The first-order valence-corrected chi connectivity index (χ1v) is 12.8. The van der Waals surface area contributed by atoms with Gasteiger partial charge in [-0.3, -0.25) is 0 Å². The van der Waals surface area contributed by atoms with Gasteiger partial charge in [0.15, 0.2) is 0 Å². The standard InChI is InChI=1S/C27H41NO2/c1-15-11-24-25(28-14-15)17(3)27(30-24)10-8-20-21-6-5-18-12-19(29)7-9-26(18,4)23(21)13-22(20)16(27)2/h5,15,17,19-21,23-25,28-29H,6-14H2,1-4H3/t15-,17+,19?,20-,21-,23-,24?,25-,26-,27?/m0/s1. The Hall–Kier alpha value is -0.640. The summed E-state index contributed by atoms with van der Waals surface area (Å²) in [4.78, 5) is 0. The molecule has 0 aromatic heterocycles. The van der Waals surface area contributed by atoms with E-state index < -0.39 is 0 Å². The van der Waals surface area contributed by atoms with Crippen LogP contribution in [0.2, 0.25) is 0 Å². The molecule has 2 aliphatic heterocycles. The lowest BCUT2D eigenvalue weighted by molar-refractivity contribution is -0.0549. The molecule has 0 radical (unpaired) electrons. The van der Waals surface area contributed by atoms with Crippen molar-refractivity contribution in [1.82, 2.24) is 5.32 Å². The topological polar surface area (TPSA) is 41.5 Å². The van der Waals surface area contributed by atoms with Crippen LogP contribution in [-0.2, 0) is 4.74 Å². The maximum Gasteiger partial charge on any atom is 0.0937 e. The number of piperidine rings is 1. The fraction of sp³-hybridized carbons (Fsp3) is 0.852. The number of aliphatic hydroxyl groups is 1. The van der Waals surface area contributed by atoms with Crippen molar-refractivity contribution in [3.05, 3.63) is 22.8 Å². The zero-order valence-corrected chi connectivity index (χ0v) is 19.4. The van der Waals surface area contributed by atoms with E-state index in [0.29, 0.717) is 23.5 Å². The van der Waals surface area contributed by atoms with E-state index in [1.807, 2.05) is 0 Å². The van der Waals surface area contributed by atoms with Crippen LogP contribution < -0.4 is 5.32 Å². The molecule has 0 aromatic carbocycles. The van der Waals surface area contributed by atoms with Crippen molar-refractivity contribution in [2.45, 2.75) is 103 Å². The fourth-order valence-corrected chi connectivity index (χ4v) is 9.09. The highest BCUT2D eigenvalue weighted by atomic mass is 16.5. The quantitative estimate of drug-likeness (QED) is 0.551. The minimum atomic E-state index is -0.111. The molecular weight excluding hydrogens is 370 g/mol. The number of allylic oxidation sites excluding steroid dienone is 2. The largest absolute Gasteiger partial charge is 0.393 e. The van der Waals surface area contributed by atoms with E-state index in [1.165, 1.54) is 38.5 Å². The van der Waals surface area contributed by atoms with E-state index in [9.17, 15) is 5.11 Å². The molecule has 0 bridgehead atoms. The number of nitrogens with one attached hydrogen (secondary N) is 1. The number of rotatable bonds is 0. The summed E-state index contributed by atoms with van der Waals surface area (Å²) in [5, 5.41) is 14.1. The second-order valence-electron chi connectivity index (χ2n) is 12.2. The molecule has 3 unspecified atom stereocenters. The van der Waals surface area contributed by atoms with Gasteiger partial charge in [-0.25, -0.2) is 0 Å². The van der Waals surface area contributed by atoms with Gasteiger partial charge in [0.25, 0.3) is 0 Å². The first kappa shape index (κ1) is 20.0. The maximum atomic E-state index is 10.3. The summed E-state index contributed by atoms with van der Waals surface area (Å²) in [5.74, 6) is 3.64. The Bertz CT molecular complexity index is 801. The van der Waals surface area contributed by atoms with Crippen LogP contribution in [0, 0.1) is 35.0 Å². The van der Waals surface area contributed by atoms with Gasteiger partial charge in [-0.2, -0.15) is 0 Å². The molecule has 30 heavy (non-hydrogen) atoms. The van der Waals surface area contributed by atoms with Crippen molar-refractivity contribution in [3.8, 4) is 0 Å². The van der Waals surface area contributed by atoms with Gasteiger partial charge in [-0.05, 0) is 99.5 Å². The van der Waals surface area contributed by atoms with Crippen LogP contribution in [-0.4, -0.2) is 35.5 Å². The molecule has 6 aliphatic rings. The highest BCUT2D eigenvalue weighted by Crippen LogP contribution is 2.65. The second-order valence-corrected chi connectivity index (χ2v) is 12.2. The number of ether oxygens (including phenoxy) is 1. The van der Waals surface area contributed by atoms with Crippen molar-refractivity contribution in [1.29, 1.82) is 0 Å². The van der Waals surface area contributed by atoms with E-state index in [4.69, 9.17) is 4.74 Å². The van der Waals surface area contributed by atoms with Gasteiger partial charge >= 0.3 is 0 Å². The predicted molar refractivity (Wildman–Crippen MR) is 120 cm³/mol. The van der Waals surface area contributed by atoms with Crippen molar-refractivity contribution in [3.63, 3.8) is 0 Å². The van der Waals surface area contributed by atoms with Gasteiger partial charge in [0.2, 0.25) is 0 Å². The van der Waals surface area contributed by atoms with Crippen LogP contribution in [0.25, 0.3) is 0 Å². The second kappa shape index (κ2) is 6.68. The minimum Gasteiger partial charge on any atom is -0.393 e. The van der Waals surface area contributed by atoms with E-state index in [2.05, 4.69) is 39.1 Å². The minimum absolute atomic E-state index is 0.0222. The summed E-state index contributed by atoms with van der Waals surface area (Å²) in [5.41, 5.74) is 5.25. The summed E-state index contributed by atoms with van der Waals surface area (Å²) in [7, 11) is 0. The molecule has 166 valence electrons. The zero-order valence-electron chi connectivity index (χ0n) is 19.4. The Morgan fingerprint density at radius 1 is 1.17 bits per heavy atom. The van der Waals surface area contributed by atoms with Gasteiger partial charge in [-0.15, -0.1) is 0 Å². The third kappa shape index (κ3) is 2.55. The Labute approximate surface area is 182 Å². The van der Waals surface area contributed by atoms with Crippen LogP contribution in [0.4, 0.5) is 0 Å². The lowest BCUT2D eigenvalue weighted by Crippen LogP contribution is -2.49. The van der Waals surface area contributed by atoms with E-state index in [1.54, 1.807) is 16.7 Å². The molecular formula is C27H41NO2. The Balaban J connectivity index is 1.34. The third-order valence-electron chi connectivity index (χ3n) is 10.9. The first-order chi connectivity index (χ1) is 14.3. The van der Waals surface area contributed by atoms with Crippen LogP contribution in [0.15, 0.2) is 22.8 Å². The van der Waals surface area contributed by atoms with Gasteiger partial charge in [0.1, 0.15) is 0 Å². The van der Waals surface area contributed by atoms with Gasteiger partial charge in [0.05, 0.1) is 17.8 Å². The van der Waals surface area contributed by atoms with Gasteiger partial charge in [-0.1, -0.05) is 38.0 Å². The molecule has 6 rings (SSSR count). The van der Waals surface area contributed by atoms with Crippen molar-refractivity contribution >= 4 is 0 Å². The molecule has 1 spiro atoms. The molecule has 0 aromatic rings. The lowest BCUT2D eigenvalue weighted by atomic mass is 9.56. The van der Waals surface area contributed by atoms with Gasteiger partial charge < -0.3 is 15.2 Å². The molecule has 3 nitrogen and oxygen atoms in total. The van der Waals surface area contributed by atoms with Crippen LogP contribution in [0.3, 0.4) is 0 Å². The van der Waals surface area contributed by atoms with Crippen molar-refractivity contribution in [2.24, 2.45) is 35.0 Å². The summed E-state index contributed by atoms with van der Waals surface area (Å²) < 4.78 is 7.03. The molecule has 0 amide bonds. The maximum absolute atomic E-state index is 10.3. The SMILES string of the molecule is CC1=C2C[C@H]3[C@@H](CC=C4CC(O)CC[C@@]43C)[C@@H]2CCC12OC1C[C@H](C)CN[C@H]1[C@H]2C. The summed E-state index contributed by atoms with van der Waals surface area (Å²) >= 11 is 0. The average Bonchev–Trinajstić information content (AvgIpc) is 3.23. The molecule has 3 heteroatoms. The van der Waals surface area contributed by atoms with Crippen LogP contribution in [0.5, 0.6) is 0 Å². The molecule has 2 heterocycles. The molecule has 4 aliphatic carbocycles. The first-order valence-electron chi connectivity index (χ1n) is 12.8. The smallest absolute Gasteiger partial charge is 0.0937 e. The molecule has 2 saturated carbocycles. The van der Waals surface area contributed by atoms with E-state index in [0.717, 1.165) is 43.1 Å². The summed E-state index contributed by atoms with van der Waals surface area (Å²) in [6, 6.07) is 0.530. The lowest BCUT2D eigenvalue weighted by Gasteiger charge is -2.49. The highest BCUT2D eigenvalue weighted by molar-refractivity contribution is 5.38. The number of aliphatic hydroxyl groups excluding tert-OH is 1. The Kier molecular flexibility index (Phi) is 4.46. The average molecular weight is 412 g/mol. The number of hydrogen-bond donors (Lipinski definition) is 2. The summed E-state index contributed by atoms with van der Waals surface area (Å²) in [6.07, 6.45) is 12.2. The normalized spacial score (nSPS) is 55.0. The van der Waals surface area contributed by atoms with Crippen molar-refractivity contribution < 1.29 is 9.84 Å². The fourth-order valence-electron chi connectivity index (χ4n) is 9.09. The Morgan fingerprint density at radius 2 is 2.00 bits per heavy atom. The number of hydrogen-bond acceptors (Lipinski definition) is 3. The monoisotopic (exact) mass is 411 g/mol. The predicted octanol–water partition coefficient (Wildman–Crippen LogP) is 5.00. The molecule has 2 saturated heterocycles. The summed E-state index contributed by atoms with van der Waals surface area (Å²) in [6.45, 7) is 10.9. The van der Waals surface area contributed by atoms with E-state index >= 15 is 0 Å². The number of fused-ring (bicyclic) bond motifs is 6. The van der Waals surface area contributed by atoms with Crippen molar-refractivity contribution in [2.75, 3.05) is 6.54 Å². The molecule has 4 fully saturated rings. The van der Waals surface area contributed by atoms with Crippen LogP contribution in [0.1, 0.15) is 79.1 Å². The van der Waals surface area contributed by atoms with Gasteiger partial charge in [0, 0.05) is 12.0 Å². The van der Waals surface area contributed by atoms with Crippen LogP contribution >= 0.6 is 0 Å². The zero-order chi connectivity index (χ0) is 20.8. The molecule has 2 N–H and O–H groups in total. The highest BCUT2D eigenvalue weighted by Gasteiger charge is 2.60.